The molecule has 444 valence electrons. The Balaban J connectivity index is 0.000000179. The van der Waals surface area contributed by atoms with Crippen molar-refractivity contribution in [2.24, 2.45) is 0 Å². The maximum Gasteiger partial charge on any atom is 0.410 e. The van der Waals surface area contributed by atoms with Crippen molar-refractivity contribution in [3.63, 3.8) is 0 Å². The number of hydrogen-bond donors (Lipinski definition) is 1. The van der Waals surface area contributed by atoms with E-state index in [1.807, 2.05) is 132 Å². The van der Waals surface area contributed by atoms with Crippen LogP contribution in [0.3, 0.4) is 0 Å². The number of pyridine rings is 4. The molecule has 0 unspecified atom stereocenters. The number of benzene rings is 4. The number of amides is 1. The fourth-order valence-corrected chi connectivity index (χ4v) is 11.7. The molecule has 18 heteroatoms. The Labute approximate surface area is 495 Å². The van der Waals surface area contributed by atoms with Crippen LogP contribution in [0.5, 0.6) is 34.5 Å². The monoisotopic (exact) mass is 1150 g/mol. The first-order chi connectivity index (χ1) is 41.4. The standard InChI is InChI=1S/C36H42N4O6.C31H34N4O4/c1-36(2,3)46-35(42)40(24-25-8-11-32-33(21-25)45-20-19-44-32)26-12-15-38(16-13-26)17-18-39-31-22-27(43-4)9-10-28(31)29(23-34(39)41)30-7-5-6-14-37-30;1-37-24-6-7-25-26(27-4-2-3-11-32-27)20-31(36)35(28(25)19-24)15-14-34-12-9-23(10-13-34)33-21-22-5-8-29-30(18-22)39-17-16-38-29/h5-11,14,21-23,26H,12-13,15-20,24H2,1-4H3;2-8,11,18-20,23,33H,9-10,12-17,21H2,1H3. The number of hydrogen-bond acceptors (Lipinski definition) is 15. The van der Waals surface area contributed by atoms with E-state index in [4.69, 9.17) is 33.2 Å². The van der Waals surface area contributed by atoms with E-state index in [1.54, 1.807) is 38.7 Å². The van der Waals surface area contributed by atoms with Crippen LogP contribution in [0.4, 0.5) is 4.79 Å². The van der Waals surface area contributed by atoms with Crippen molar-refractivity contribution in [2.45, 2.75) is 90.3 Å². The lowest BCUT2D eigenvalue weighted by molar-refractivity contribution is 0.00561. The van der Waals surface area contributed by atoms with Gasteiger partial charge in [0, 0.05) is 123 Å². The highest BCUT2D eigenvalue weighted by molar-refractivity contribution is 5.95. The molecule has 0 radical (unpaired) electrons. The van der Waals surface area contributed by atoms with Crippen molar-refractivity contribution in [1.29, 1.82) is 0 Å². The minimum Gasteiger partial charge on any atom is -0.497 e. The SMILES string of the molecule is COc1ccc2c(-c3ccccn3)cc(=O)n(CCN3CCC(N(Cc4ccc5c(c4)OCCO5)C(=O)OC(C)(C)C)CC3)c2c1.COc1ccc2c(-c3ccccn3)cc(=O)n(CCN3CCC(NCc4ccc5c(c4)OCCO5)CC3)c2c1. The van der Waals surface area contributed by atoms with Crippen molar-refractivity contribution >= 4 is 27.9 Å². The van der Waals surface area contributed by atoms with Crippen LogP contribution in [0.1, 0.15) is 57.6 Å². The maximum atomic E-state index is 13.5. The molecular weight excluding hydrogens is 1080 g/mol. The summed E-state index contributed by atoms with van der Waals surface area (Å²) < 4.78 is 43.4. The third kappa shape index (κ3) is 14.2. The molecule has 4 aliphatic heterocycles. The van der Waals surface area contributed by atoms with Gasteiger partial charge in [-0.25, -0.2) is 4.79 Å². The molecule has 18 nitrogen and oxygen atoms in total. The zero-order valence-electron chi connectivity index (χ0n) is 49.3. The highest BCUT2D eigenvalue weighted by Gasteiger charge is 2.32. The van der Waals surface area contributed by atoms with Crippen molar-refractivity contribution in [3.05, 3.63) is 166 Å². The molecule has 8 aromatic rings. The normalized spacial score (nSPS) is 15.7. The lowest BCUT2D eigenvalue weighted by Crippen LogP contribution is -2.49. The number of nitrogens with one attached hydrogen (secondary N) is 1. The van der Waals surface area contributed by atoms with Gasteiger partial charge in [-0.05, 0) is 143 Å². The summed E-state index contributed by atoms with van der Waals surface area (Å²) in [4.78, 5) is 55.9. The van der Waals surface area contributed by atoms with Gasteiger partial charge in [0.1, 0.15) is 43.5 Å². The van der Waals surface area contributed by atoms with Gasteiger partial charge >= 0.3 is 6.09 Å². The number of methoxy groups -OCH3 is 2. The molecule has 0 saturated carbocycles. The molecule has 1 amide bonds. The van der Waals surface area contributed by atoms with Gasteiger partial charge in [0.15, 0.2) is 23.0 Å². The molecule has 0 bridgehead atoms. The molecule has 2 saturated heterocycles. The third-order valence-corrected chi connectivity index (χ3v) is 16.2. The van der Waals surface area contributed by atoms with Crippen LogP contribution in [-0.4, -0.2) is 137 Å². The van der Waals surface area contributed by atoms with Crippen molar-refractivity contribution in [2.75, 3.05) is 79.9 Å². The Bertz CT molecular complexity index is 3720. The number of carbonyl (C=O) groups excluding carboxylic acids is 1. The molecule has 85 heavy (non-hydrogen) atoms. The second-order valence-corrected chi connectivity index (χ2v) is 22.9. The molecule has 12 rings (SSSR count). The van der Waals surface area contributed by atoms with E-state index < -0.39 is 5.60 Å². The maximum absolute atomic E-state index is 13.5. The fraction of sp³-hybridized carbons (Fsp3) is 0.388. The quantitative estimate of drug-likeness (QED) is 0.0968. The van der Waals surface area contributed by atoms with Crippen LogP contribution in [-0.2, 0) is 30.9 Å². The molecular formula is C67H76N8O10. The minimum absolute atomic E-state index is 0.0183. The van der Waals surface area contributed by atoms with Crippen LogP contribution in [0, 0.1) is 0 Å². The van der Waals surface area contributed by atoms with Crippen LogP contribution in [0.2, 0.25) is 0 Å². The molecule has 1 N–H and O–H groups in total. The van der Waals surface area contributed by atoms with E-state index in [9.17, 15) is 14.4 Å². The van der Waals surface area contributed by atoms with Gasteiger partial charge in [0.05, 0.1) is 36.6 Å². The van der Waals surface area contributed by atoms with Gasteiger partial charge in [-0.3, -0.25) is 19.6 Å². The highest BCUT2D eigenvalue weighted by atomic mass is 16.6. The molecule has 0 spiro atoms. The summed E-state index contributed by atoms with van der Waals surface area (Å²) in [6, 6.07) is 39.1. The van der Waals surface area contributed by atoms with E-state index in [-0.39, 0.29) is 23.3 Å². The first kappa shape index (κ1) is 58.3. The summed E-state index contributed by atoms with van der Waals surface area (Å²) in [5.74, 6) is 4.53. The number of carbonyl (C=O) groups is 1. The van der Waals surface area contributed by atoms with E-state index in [1.165, 1.54) is 5.56 Å². The fourth-order valence-electron chi connectivity index (χ4n) is 11.7. The molecule has 2 fully saturated rings. The molecule has 4 aromatic carbocycles. The second-order valence-electron chi connectivity index (χ2n) is 22.9. The van der Waals surface area contributed by atoms with Gasteiger partial charge in [0.2, 0.25) is 0 Å². The molecule has 0 atom stereocenters. The smallest absolute Gasteiger partial charge is 0.410 e. The topological polar surface area (TPSA) is 173 Å². The van der Waals surface area contributed by atoms with Gasteiger partial charge in [-0.1, -0.05) is 24.3 Å². The number of rotatable bonds is 16. The molecule has 0 aliphatic carbocycles. The molecule has 4 aliphatic rings. The number of nitrogens with zero attached hydrogens (tertiary/aromatic N) is 7. The average Bonchev–Trinajstić information content (AvgIpc) is 3.66. The van der Waals surface area contributed by atoms with Gasteiger partial charge in [0.25, 0.3) is 11.1 Å². The summed E-state index contributed by atoms with van der Waals surface area (Å²) in [7, 11) is 3.28. The van der Waals surface area contributed by atoms with E-state index in [0.717, 1.165) is 138 Å². The Hall–Kier alpha value is -8.45. The molecule has 8 heterocycles. The van der Waals surface area contributed by atoms with Crippen LogP contribution in [0.25, 0.3) is 44.3 Å². The lowest BCUT2D eigenvalue weighted by atomic mass is 10.0. The van der Waals surface area contributed by atoms with E-state index in [0.29, 0.717) is 70.1 Å². The summed E-state index contributed by atoms with van der Waals surface area (Å²) in [5.41, 5.74) is 6.37. The number of ether oxygens (including phenoxy) is 7. The Morgan fingerprint density at radius 1 is 0.576 bits per heavy atom. The van der Waals surface area contributed by atoms with Crippen LogP contribution >= 0.6 is 0 Å². The Morgan fingerprint density at radius 3 is 1.54 bits per heavy atom. The van der Waals surface area contributed by atoms with Gasteiger partial charge in [-0.15, -0.1) is 0 Å². The Morgan fingerprint density at radius 2 is 1.06 bits per heavy atom. The summed E-state index contributed by atoms with van der Waals surface area (Å²) in [6.07, 6.45) is 6.92. The highest BCUT2D eigenvalue weighted by Crippen LogP contribution is 2.35. The lowest BCUT2D eigenvalue weighted by Gasteiger charge is -2.39. The zero-order chi connectivity index (χ0) is 58.9. The predicted molar refractivity (Wildman–Crippen MR) is 328 cm³/mol. The van der Waals surface area contributed by atoms with Gasteiger partial charge < -0.3 is 62.3 Å². The predicted octanol–water partition coefficient (Wildman–Crippen LogP) is 9.84. The largest absolute Gasteiger partial charge is 0.497 e. The number of fused-ring (bicyclic) bond motifs is 4. The molecule has 4 aromatic heterocycles. The van der Waals surface area contributed by atoms with E-state index >= 15 is 0 Å². The van der Waals surface area contributed by atoms with Crippen molar-refractivity contribution in [3.8, 4) is 57.0 Å². The average molecular weight is 1150 g/mol. The van der Waals surface area contributed by atoms with E-state index in [2.05, 4.69) is 37.2 Å². The zero-order valence-corrected chi connectivity index (χ0v) is 49.3. The van der Waals surface area contributed by atoms with Gasteiger partial charge in [-0.2, -0.15) is 0 Å². The van der Waals surface area contributed by atoms with Crippen molar-refractivity contribution in [1.82, 2.24) is 39.1 Å². The first-order valence-electron chi connectivity index (χ1n) is 29.6. The number of piperidine rings is 2. The summed E-state index contributed by atoms with van der Waals surface area (Å²) >= 11 is 0. The summed E-state index contributed by atoms with van der Waals surface area (Å²) in [6.45, 7) is 15.4. The van der Waals surface area contributed by atoms with Crippen molar-refractivity contribution < 1.29 is 38.0 Å². The summed E-state index contributed by atoms with van der Waals surface area (Å²) in [5, 5.41) is 5.65. The first-order valence-corrected chi connectivity index (χ1v) is 29.6. The number of likely N-dealkylation sites (tertiary alicyclic amines) is 2. The third-order valence-electron chi connectivity index (χ3n) is 16.2. The second kappa shape index (κ2) is 26.6. The Kier molecular flexibility index (Phi) is 18.3. The van der Waals surface area contributed by atoms with Crippen LogP contribution < -0.4 is 44.9 Å². The number of aromatic nitrogens is 4. The van der Waals surface area contributed by atoms with Crippen LogP contribution in [0.15, 0.2) is 143 Å². The minimum atomic E-state index is -0.603.